The molecule has 2 heterocycles. The number of nitrogens with zero attached hydrogens (tertiary/aromatic N) is 4. The Morgan fingerprint density at radius 2 is 1.95 bits per heavy atom. The lowest BCUT2D eigenvalue weighted by Gasteiger charge is -2.07. The zero-order valence-corrected chi connectivity index (χ0v) is 11.7. The van der Waals surface area contributed by atoms with Crippen LogP contribution in [0.2, 0.25) is 0 Å². The molecule has 0 aliphatic carbocycles. The Labute approximate surface area is 121 Å². The van der Waals surface area contributed by atoms with Gasteiger partial charge in [0.15, 0.2) is 5.69 Å². The molecule has 0 aliphatic heterocycles. The van der Waals surface area contributed by atoms with E-state index in [1.54, 1.807) is 24.0 Å². The van der Waals surface area contributed by atoms with Gasteiger partial charge in [-0.05, 0) is 30.7 Å². The molecular weight excluding hydrogens is 268 g/mol. The smallest absolute Gasteiger partial charge is 0.356 e. The molecule has 21 heavy (non-hydrogen) atoms. The van der Waals surface area contributed by atoms with Crippen molar-refractivity contribution in [3.63, 3.8) is 0 Å². The van der Waals surface area contributed by atoms with Crippen molar-refractivity contribution in [2.45, 2.75) is 6.92 Å². The van der Waals surface area contributed by atoms with Crippen molar-refractivity contribution in [1.29, 1.82) is 0 Å². The molecule has 0 fully saturated rings. The first kappa shape index (κ1) is 13.1. The number of aryl methyl sites for hydroxylation is 2. The van der Waals surface area contributed by atoms with E-state index >= 15 is 0 Å². The summed E-state index contributed by atoms with van der Waals surface area (Å²) in [6.07, 6.45) is 3.65. The van der Waals surface area contributed by atoms with Gasteiger partial charge >= 0.3 is 5.97 Å². The average molecular weight is 282 g/mol. The lowest BCUT2D eigenvalue weighted by atomic mass is 10.1. The third kappa shape index (κ3) is 2.31. The quantitative estimate of drug-likeness (QED) is 0.800. The second-order valence-corrected chi connectivity index (χ2v) is 4.73. The number of hydrogen-bond acceptors (Lipinski definition) is 3. The van der Waals surface area contributed by atoms with E-state index in [2.05, 4.69) is 10.1 Å². The molecule has 6 nitrogen and oxygen atoms in total. The summed E-state index contributed by atoms with van der Waals surface area (Å²) in [5.74, 6) is -0.112. The van der Waals surface area contributed by atoms with Crippen LogP contribution in [0.25, 0.3) is 16.9 Å². The SMILES string of the molecule is Cc1nccn1-c1ccc(-c2cc(C(=O)O)nn2C)cc1. The van der Waals surface area contributed by atoms with Crippen LogP contribution in [-0.2, 0) is 7.05 Å². The maximum absolute atomic E-state index is 11.0. The molecule has 1 aromatic carbocycles. The van der Waals surface area contributed by atoms with Gasteiger partial charge in [0.25, 0.3) is 0 Å². The molecule has 0 spiro atoms. The minimum absolute atomic E-state index is 0.0435. The first-order chi connectivity index (χ1) is 10.1. The normalized spacial score (nSPS) is 10.8. The number of carboxylic acids is 1. The van der Waals surface area contributed by atoms with Crippen LogP contribution in [0.15, 0.2) is 42.7 Å². The predicted octanol–water partition coefficient (Wildman–Crippen LogP) is 2.28. The van der Waals surface area contributed by atoms with Crippen LogP contribution < -0.4 is 0 Å². The van der Waals surface area contributed by atoms with Gasteiger partial charge in [-0.1, -0.05) is 12.1 Å². The average Bonchev–Trinajstić information content (AvgIpc) is 3.05. The number of hydrogen-bond donors (Lipinski definition) is 1. The van der Waals surface area contributed by atoms with Crippen molar-refractivity contribution in [1.82, 2.24) is 19.3 Å². The third-order valence-corrected chi connectivity index (χ3v) is 3.37. The van der Waals surface area contributed by atoms with Crippen LogP contribution in [0.5, 0.6) is 0 Å². The third-order valence-electron chi connectivity index (χ3n) is 3.37. The van der Waals surface area contributed by atoms with Gasteiger partial charge in [0, 0.05) is 25.1 Å². The van der Waals surface area contributed by atoms with Gasteiger partial charge < -0.3 is 9.67 Å². The van der Waals surface area contributed by atoms with E-state index in [1.165, 1.54) is 0 Å². The van der Waals surface area contributed by atoms with Crippen molar-refractivity contribution in [3.8, 4) is 16.9 Å². The monoisotopic (exact) mass is 282 g/mol. The highest BCUT2D eigenvalue weighted by Crippen LogP contribution is 2.22. The zero-order chi connectivity index (χ0) is 15.0. The number of rotatable bonds is 3. The number of imidazole rings is 1. The second-order valence-electron chi connectivity index (χ2n) is 4.73. The summed E-state index contributed by atoms with van der Waals surface area (Å²) in [5, 5.41) is 13.0. The largest absolute Gasteiger partial charge is 0.476 e. The highest BCUT2D eigenvalue weighted by Gasteiger charge is 2.12. The number of benzene rings is 1. The molecule has 0 bridgehead atoms. The maximum Gasteiger partial charge on any atom is 0.356 e. The first-order valence-corrected chi connectivity index (χ1v) is 6.44. The first-order valence-electron chi connectivity index (χ1n) is 6.44. The molecule has 0 unspecified atom stereocenters. The fourth-order valence-electron chi connectivity index (χ4n) is 2.29. The highest BCUT2D eigenvalue weighted by molar-refractivity contribution is 5.87. The Morgan fingerprint density at radius 1 is 1.24 bits per heavy atom. The van der Waals surface area contributed by atoms with Crippen molar-refractivity contribution in [2.24, 2.45) is 7.05 Å². The highest BCUT2D eigenvalue weighted by atomic mass is 16.4. The van der Waals surface area contributed by atoms with Crippen molar-refractivity contribution >= 4 is 5.97 Å². The molecule has 1 N–H and O–H groups in total. The lowest BCUT2D eigenvalue weighted by molar-refractivity contribution is 0.0689. The minimum Gasteiger partial charge on any atom is -0.476 e. The fourth-order valence-corrected chi connectivity index (χ4v) is 2.29. The Morgan fingerprint density at radius 3 is 2.48 bits per heavy atom. The van der Waals surface area contributed by atoms with E-state index in [4.69, 9.17) is 5.11 Å². The minimum atomic E-state index is -1.03. The summed E-state index contributed by atoms with van der Waals surface area (Å²) in [6, 6.07) is 9.39. The van der Waals surface area contributed by atoms with Crippen LogP contribution in [0, 0.1) is 6.92 Å². The summed E-state index contributed by atoms with van der Waals surface area (Å²) in [4.78, 5) is 15.2. The van der Waals surface area contributed by atoms with Crippen LogP contribution in [0.3, 0.4) is 0 Å². The predicted molar refractivity (Wildman–Crippen MR) is 77.5 cm³/mol. The molecule has 0 saturated carbocycles. The maximum atomic E-state index is 11.0. The van der Waals surface area contributed by atoms with E-state index in [1.807, 2.05) is 42.0 Å². The number of aromatic carboxylic acids is 1. The summed E-state index contributed by atoms with van der Waals surface area (Å²) in [5.41, 5.74) is 2.73. The molecule has 0 aliphatic rings. The number of aromatic nitrogens is 4. The van der Waals surface area contributed by atoms with Crippen LogP contribution in [-0.4, -0.2) is 30.4 Å². The van der Waals surface area contributed by atoms with E-state index < -0.39 is 5.97 Å². The Kier molecular flexibility index (Phi) is 3.06. The molecule has 3 aromatic rings. The summed E-state index contributed by atoms with van der Waals surface area (Å²) >= 11 is 0. The molecule has 106 valence electrons. The van der Waals surface area contributed by atoms with E-state index in [0.29, 0.717) is 0 Å². The van der Waals surface area contributed by atoms with Gasteiger partial charge in [-0.3, -0.25) is 4.68 Å². The number of carbonyl (C=O) groups is 1. The van der Waals surface area contributed by atoms with Crippen LogP contribution >= 0.6 is 0 Å². The summed E-state index contributed by atoms with van der Waals surface area (Å²) in [7, 11) is 1.73. The van der Waals surface area contributed by atoms with Gasteiger partial charge in [-0.25, -0.2) is 9.78 Å². The molecular formula is C15H14N4O2. The van der Waals surface area contributed by atoms with Crippen LogP contribution in [0.1, 0.15) is 16.3 Å². The van der Waals surface area contributed by atoms with Gasteiger partial charge in [0.1, 0.15) is 5.82 Å². The molecule has 0 saturated heterocycles. The Bertz CT molecular complexity index is 799. The van der Waals surface area contributed by atoms with Gasteiger partial charge in [0.05, 0.1) is 5.69 Å². The molecule has 2 aromatic heterocycles. The summed E-state index contributed by atoms with van der Waals surface area (Å²) < 4.78 is 3.55. The number of carboxylic acid groups (broad SMARTS) is 1. The van der Waals surface area contributed by atoms with Gasteiger partial charge in [0.2, 0.25) is 0 Å². The Hall–Kier alpha value is -2.89. The Balaban J connectivity index is 1.98. The summed E-state index contributed by atoms with van der Waals surface area (Å²) in [6.45, 7) is 1.94. The fraction of sp³-hybridized carbons (Fsp3) is 0.133. The van der Waals surface area contributed by atoms with Gasteiger partial charge in [-0.15, -0.1) is 0 Å². The van der Waals surface area contributed by atoms with E-state index in [-0.39, 0.29) is 5.69 Å². The second kappa shape index (κ2) is 4.90. The van der Waals surface area contributed by atoms with Crippen molar-refractivity contribution in [3.05, 3.63) is 54.2 Å². The zero-order valence-electron chi connectivity index (χ0n) is 11.7. The van der Waals surface area contributed by atoms with Crippen LogP contribution in [0.4, 0.5) is 0 Å². The van der Waals surface area contributed by atoms with Gasteiger partial charge in [-0.2, -0.15) is 5.10 Å². The standard InChI is InChI=1S/C15H14N4O2/c1-10-16-7-8-19(10)12-5-3-11(4-6-12)14-9-13(15(20)21)17-18(14)2/h3-9H,1-2H3,(H,20,21). The molecule has 0 radical (unpaired) electrons. The van der Waals surface area contributed by atoms with E-state index in [0.717, 1.165) is 22.8 Å². The molecule has 6 heteroatoms. The topological polar surface area (TPSA) is 72.9 Å². The lowest BCUT2D eigenvalue weighted by Crippen LogP contribution is -1.99. The van der Waals surface area contributed by atoms with Crippen molar-refractivity contribution < 1.29 is 9.90 Å². The van der Waals surface area contributed by atoms with E-state index in [9.17, 15) is 4.79 Å². The van der Waals surface area contributed by atoms with Crippen molar-refractivity contribution in [2.75, 3.05) is 0 Å². The molecule has 0 atom stereocenters. The molecule has 0 amide bonds. The molecule has 3 rings (SSSR count).